The van der Waals surface area contributed by atoms with Gasteiger partial charge in [-0.05, 0) is 19.4 Å². The number of aromatic nitrogens is 2. The summed E-state index contributed by atoms with van der Waals surface area (Å²) in [6, 6.07) is 0. The third kappa shape index (κ3) is 2.83. The molecule has 2 heterocycles. The summed E-state index contributed by atoms with van der Waals surface area (Å²) in [4.78, 5) is 19.7. The number of aromatic carboxylic acids is 1. The molecule has 0 fully saturated rings. The summed E-state index contributed by atoms with van der Waals surface area (Å²) < 4.78 is 5.36. The molecule has 2 rings (SSSR count). The van der Waals surface area contributed by atoms with Gasteiger partial charge in [-0.25, -0.2) is 14.8 Å². The molecule has 1 aromatic rings. The van der Waals surface area contributed by atoms with Crippen LogP contribution in [0.15, 0.2) is 0 Å². The summed E-state index contributed by atoms with van der Waals surface area (Å²) in [6.45, 7) is 4.27. The Morgan fingerprint density at radius 1 is 1.50 bits per heavy atom. The van der Waals surface area contributed by atoms with Crippen molar-refractivity contribution < 1.29 is 14.6 Å². The van der Waals surface area contributed by atoms with E-state index in [1.54, 1.807) is 0 Å². The molecule has 0 spiro atoms. The molecule has 0 saturated carbocycles. The first-order valence-electron chi connectivity index (χ1n) is 6.12. The minimum Gasteiger partial charge on any atom is -0.477 e. The maximum absolute atomic E-state index is 11.2. The maximum Gasteiger partial charge on any atom is 0.354 e. The lowest BCUT2D eigenvalue weighted by Crippen LogP contribution is -2.28. The second kappa shape index (κ2) is 5.88. The topological polar surface area (TPSA) is 84.3 Å². The number of carbonyl (C=O) groups is 1. The Morgan fingerprint density at radius 2 is 2.33 bits per heavy atom. The zero-order chi connectivity index (χ0) is 13.0. The van der Waals surface area contributed by atoms with Crippen LogP contribution in [0.1, 0.15) is 40.9 Å². The molecule has 0 aliphatic carbocycles. The number of carboxylic acids is 1. The van der Waals surface area contributed by atoms with Gasteiger partial charge in [-0.15, -0.1) is 0 Å². The van der Waals surface area contributed by atoms with Crippen LogP contribution in [-0.2, 0) is 24.3 Å². The lowest BCUT2D eigenvalue weighted by Gasteiger charge is -2.18. The first-order chi connectivity index (χ1) is 8.72. The SMILES string of the molecule is CCCOCc1nc2c(c(C(=O)O)n1)CCNC2. The minimum atomic E-state index is -0.993. The second-order valence-corrected chi connectivity index (χ2v) is 4.20. The number of rotatable bonds is 5. The largest absolute Gasteiger partial charge is 0.477 e. The van der Waals surface area contributed by atoms with Crippen molar-refractivity contribution in [2.45, 2.75) is 32.9 Å². The Balaban J connectivity index is 2.26. The summed E-state index contributed by atoms with van der Waals surface area (Å²) in [7, 11) is 0. The predicted octanol–water partition coefficient (Wildman–Crippen LogP) is 0.747. The summed E-state index contributed by atoms with van der Waals surface area (Å²) >= 11 is 0. The smallest absolute Gasteiger partial charge is 0.354 e. The fourth-order valence-corrected chi connectivity index (χ4v) is 1.96. The van der Waals surface area contributed by atoms with Crippen LogP contribution in [0.25, 0.3) is 0 Å². The third-order valence-electron chi connectivity index (χ3n) is 2.77. The van der Waals surface area contributed by atoms with Crippen molar-refractivity contribution in [2.75, 3.05) is 13.2 Å². The van der Waals surface area contributed by atoms with E-state index in [2.05, 4.69) is 15.3 Å². The highest BCUT2D eigenvalue weighted by molar-refractivity contribution is 5.87. The summed E-state index contributed by atoms with van der Waals surface area (Å²) in [6.07, 6.45) is 1.57. The fourth-order valence-electron chi connectivity index (χ4n) is 1.96. The molecule has 0 aromatic carbocycles. The van der Waals surface area contributed by atoms with Gasteiger partial charge >= 0.3 is 5.97 Å². The van der Waals surface area contributed by atoms with Crippen molar-refractivity contribution in [3.05, 3.63) is 22.8 Å². The predicted molar refractivity (Wildman–Crippen MR) is 64.3 cm³/mol. The van der Waals surface area contributed by atoms with Crippen LogP contribution in [0.2, 0.25) is 0 Å². The normalized spacial score (nSPS) is 14.3. The van der Waals surface area contributed by atoms with Gasteiger partial charge < -0.3 is 15.2 Å². The van der Waals surface area contributed by atoms with Gasteiger partial charge in [0, 0.05) is 18.7 Å². The second-order valence-electron chi connectivity index (χ2n) is 4.20. The number of carboxylic acid groups (broad SMARTS) is 1. The zero-order valence-corrected chi connectivity index (χ0v) is 10.4. The summed E-state index contributed by atoms with van der Waals surface area (Å²) in [5.41, 5.74) is 1.65. The molecule has 1 aliphatic heterocycles. The summed E-state index contributed by atoms with van der Waals surface area (Å²) in [5, 5.41) is 12.4. The minimum absolute atomic E-state index is 0.122. The van der Waals surface area contributed by atoms with Crippen LogP contribution in [-0.4, -0.2) is 34.2 Å². The molecule has 1 aromatic heterocycles. The van der Waals surface area contributed by atoms with E-state index in [1.165, 1.54) is 0 Å². The van der Waals surface area contributed by atoms with Gasteiger partial charge in [-0.2, -0.15) is 0 Å². The van der Waals surface area contributed by atoms with Crippen LogP contribution in [0.4, 0.5) is 0 Å². The van der Waals surface area contributed by atoms with Crippen molar-refractivity contribution in [2.24, 2.45) is 0 Å². The van der Waals surface area contributed by atoms with E-state index in [-0.39, 0.29) is 12.3 Å². The zero-order valence-electron chi connectivity index (χ0n) is 10.4. The van der Waals surface area contributed by atoms with Crippen molar-refractivity contribution in [1.29, 1.82) is 0 Å². The highest BCUT2D eigenvalue weighted by Crippen LogP contribution is 2.16. The number of nitrogens with zero attached hydrogens (tertiary/aromatic N) is 2. The Labute approximate surface area is 105 Å². The van der Waals surface area contributed by atoms with Crippen LogP contribution in [0.5, 0.6) is 0 Å². The van der Waals surface area contributed by atoms with E-state index in [4.69, 9.17) is 4.74 Å². The molecule has 98 valence electrons. The van der Waals surface area contributed by atoms with E-state index < -0.39 is 5.97 Å². The van der Waals surface area contributed by atoms with E-state index in [0.717, 1.165) is 24.2 Å². The fraction of sp³-hybridized carbons (Fsp3) is 0.583. The number of nitrogens with one attached hydrogen (secondary N) is 1. The van der Waals surface area contributed by atoms with E-state index in [1.807, 2.05) is 6.92 Å². The van der Waals surface area contributed by atoms with Crippen LogP contribution >= 0.6 is 0 Å². The average Bonchev–Trinajstić information content (AvgIpc) is 2.38. The molecule has 1 aliphatic rings. The average molecular weight is 251 g/mol. The lowest BCUT2D eigenvalue weighted by molar-refractivity contribution is 0.0686. The van der Waals surface area contributed by atoms with Gasteiger partial charge in [0.2, 0.25) is 0 Å². The van der Waals surface area contributed by atoms with Crippen molar-refractivity contribution in [3.63, 3.8) is 0 Å². The highest BCUT2D eigenvalue weighted by atomic mass is 16.5. The van der Waals surface area contributed by atoms with E-state index >= 15 is 0 Å². The molecule has 6 heteroatoms. The van der Waals surface area contributed by atoms with E-state index in [9.17, 15) is 9.90 Å². The van der Waals surface area contributed by atoms with Crippen molar-refractivity contribution in [3.8, 4) is 0 Å². The Kier molecular flexibility index (Phi) is 4.22. The number of hydrogen-bond donors (Lipinski definition) is 2. The Bertz CT molecular complexity index is 448. The first kappa shape index (κ1) is 12.9. The molecule has 0 radical (unpaired) electrons. The van der Waals surface area contributed by atoms with Crippen molar-refractivity contribution in [1.82, 2.24) is 15.3 Å². The van der Waals surface area contributed by atoms with Crippen molar-refractivity contribution >= 4 is 5.97 Å². The molecule has 18 heavy (non-hydrogen) atoms. The number of fused-ring (bicyclic) bond motifs is 1. The maximum atomic E-state index is 11.2. The molecule has 0 amide bonds. The molecular formula is C12H17N3O3. The third-order valence-corrected chi connectivity index (χ3v) is 2.77. The van der Waals surface area contributed by atoms with Gasteiger partial charge in [-0.1, -0.05) is 6.92 Å². The van der Waals surface area contributed by atoms with Crippen LogP contribution in [0.3, 0.4) is 0 Å². The van der Waals surface area contributed by atoms with Gasteiger partial charge in [0.15, 0.2) is 11.5 Å². The van der Waals surface area contributed by atoms with E-state index in [0.29, 0.717) is 25.4 Å². The number of hydrogen-bond acceptors (Lipinski definition) is 5. The van der Waals surface area contributed by atoms with Crippen LogP contribution in [0, 0.1) is 0 Å². The summed E-state index contributed by atoms with van der Waals surface area (Å²) in [5.74, 6) is -0.546. The molecular weight excluding hydrogens is 234 g/mol. The Hall–Kier alpha value is -1.53. The molecule has 6 nitrogen and oxygen atoms in total. The Morgan fingerprint density at radius 3 is 3.06 bits per heavy atom. The molecule has 0 atom stereocenters. The van der Waals surface area contributed by atoms with Crippen LogP contribution < -0.4 is 5.32 Å². The van der Waals surface area contributed by atoms with Gasteiger partial charge in [0.05, 0.1) is 5.69 Å². The quantitative estimate of drug-likeness (QED) is 0.751. The first-order valence-corrected chi connectivity index (χ1v) is 6.12. The molecule has 2 N–H and O–H groups in total. The van der Waals surface area contributed by atoms with Gasteiger partial charge in [-0.3, -0.25) is 0 Å². The molecule has 0 unspecified atom stereocenters. The van der Waals surface area contributed by atoms with Gasteiger partial charge in [0.25, 0.3) is 0 Å². The molecule has 0 bridgehead atoms. The highest BCUT2D eigenvalue weighted by Gasteiger charge is 2.21. The number of ether oxygens (including phenoxy) is 1. The van der Waals surface area contributed by atoms with Gasteiger partial charge in [0.1, 0.15) is 6.61 Å². The standard InChI is InChI=1S/C12H17N3O3/c1-2-5-18-7-10-14-9-6-13-4-3-8(9)11(15-10)12(16)17/h13H,2-7H2,1H3,(H,16,17). The lowest BCUT2D eigenvalue weighted by atomic mass is 10.0. The molecule has 0 saturated heterocycles. The monoisotopic (exact) mass is 251 g/mol.